The summed E-state index contributed by atoms with van der Waals surface area (Å²) in [4.78, 5) is 20.7. The number of nitrogens with zero attached hydrogens (tertiary/aromatic N) is 4. The molecule has 8 nitrogen and oxygen atoms in total. The predicted molar refractivity (Wildman–Crippen MR) is 92.1 cm³/mol. The van der Waals surface area contributed by atoms with Crippen LogP contribution in [0.1, 0.15) is 71.9 Å². The van der Waals surface area contributed by atoms with Gasteiger partial charge < -0.3 is 19.1 Å². The van der Waals surface area contributed by atoms with Gasteiger partial charge in [0.2, 0.25) is 5.89 Å². The summed E-state index contributed by atoms with van der Waals surface area (Å²) in [6, 6.07) is 0. The van der Waals surface area contributed by atoms with Gasteiger partial charge in [0.25, 0.3) is 0 Å². The van der Waals surface area contributed by atoms with E-state index in [0.29, 0.717) is 24.2 Å². The van der Waals surface area contributed by atoms with Gasteiger partial charge in [-0.2, -0.15) is 4.98 Å². The highest BCUT2D eigenvalue weighted by molar-refractivity contribution is 5.68. The van der Waals surface area contributed by atoms with Gasteiger partial charge in [0.15, 0.2) is 5.82 Å². The Labute approximate surface area is 148 Å². The molecule has 1 N–H and O–H groups in total. The van der Waals surface area contributed by atoms with Crippen LogP contribution < -0.4 is 5.32 Å². The van der Waals surface area contributed by atoms with Crippen molar-refractivity contribution < 1.29 is 14.1 Å². The van der Waals surface area contributed by atoms with E-state index in [1.807, 2.05) is 31.5 Å². The third kappa shape index (κ3) is 5.04. The van der Waals surface area contributed by atoms with Crippen molar-refractivity contribution in [3.05, 3.63) is 29.9 Å². The van der Waals surface area contributed by atoms with Gasteiger partial charge in [-0.25, -0.2) is 9.78 Å². The molecule has 2 aromatic rings. The Morgan fingerprint density at radius 3 is 2.60 bits per heavy atom. The van der Waals surface area contributed by atoms with E-state index in [4.69, 9.17) is 9.26 Å². The van der Waals surface area contributed by atoms with Crippen molar-refractivity contribution in [1.29, 1.82) is 0 Å². The average molecular weight is 349 g/mol. The largest absolute Gasteiger partial charge is 0.444 e. The SMILES string of the molecule is CC(C)c1nccn1Cc1nc(C(C)(C)NC(=O)OC(C)(C)C)no1. The van der Waals surface area contributed by atoms with E-state index in [2.05, 4.69) is 34.3 Å². The molecule has 0 radical (unpaired) electrons. The smallest absolute Gasteiger partial charge is 0.408 e. The average Bonchev–Trinajstić information content (AvgIpc) is 3.05. The fourth-order valence-corrected chi connectivity index (χ4v) is 2.29. The second kappa shape index (κ2) is 6.85. The first-order valence-corrected chi connectivity index (χ1v) is 8.33. The molecule has 138 valence electrons. The molecule has 25 heavy (non-hydrogen) atoms. The molecule has 0 unspecified atom stereocenters. The van der Waals surface area contributed by atoms with Crippen LogP contribution in [-0.2, 0) is 16.8 Å². The Morgan fingerprint density at radius 2 is 2.00 bits per heavy atom. The Hall–Kier alpha value is -2.38. The third-order valence-electron chi connectivity index (χ3n) is 3.41. The molecule has 0 aromatic carbocycles. The minimum absolute atomic E-state index is 0.294. The minimum atomic E-state index is -0.820. The number of amides is 1. The number of carbonyl (C=O) groups is 1. The van der Waals surface area contributed by atoms with E-state index in [1.165, 1.54) is 0 Å². The van der Waals surface area contributed by atoms with E-state index in [1.54, 1.807) is 20.0 Å². The van der Waals surface area contributed by atoms with E-state index in [0.717, 1.165) is 5.82 Å². The number of imidazole rings is 1. The van der Waals surface area contributed by atoms with Crippen LogP contribution in [0.15, 0.2) is 16.9 Å². The summed E-state index contributed by atoms with van der Waals surface area (Å²) < 4.78 is 12.6. The molecule has 0 aliphatic carbocycles. The number of alkyl carbamates (subject to hydrolysis) is 1. The fourth-order valence-electron chi connectivity index (χ4n) is 2.29. The molecule has 0 fully saturated rings. The van der Waals surface area contributed by atoms with E-state index in [-0.39, 0.29) is 0 Å². The summed E-state index contributed by atoms with van der Waals surface area (Å²) in [5, 5.41) is 6.77. The first kappa shape index (κ1) is 19.0. The maximum Gasteiger partial charge on any atom is 0.408 e. The van der Waals surface area contributed by atoms with Gasteiger partial charge in [0.1, 0.15) is 23.5 Å². The van der Waals surface area contributed by atoms with Crippen LogP contribution in [-0.4, -0.2) is 31.4 Å². The standard InChI is InChI=1S/C17H27N5O3/c1-11(2)13-18-8-9-22(13)10-12-19-14(21-25-12)17(6,7)20-15(23)24-16(3,4)5/h8-9,11H,10H2,1-7H3,(H,20,23). The summed E-state index contributed by atoms with van der Waals surface area (Å²) in [6.45, 7) is 13.6. The number of aromatic nitrogens is 4. The lowest BCUT2D eigenvalue weighted by molar-refractivity contribution is 0.0465. The molecule has 2 aromatic heterocycles. The summed E-state index contributed by atoms with van der Waals surface area (Å²) in [5.41, 5.74) is -1.39. The summed E-state index contributed by atoms with van der Waals surface area (Å²) in [7, 11) is 0. The van der Waals surface area contributed by atoms with Crippen LogP contribution in [0.5, 0.6) is 0 Å². The van der Waals surface area contributed by atoms with Crippen LogP contribution in [0.25, 0.3) is 0 Å². The molecule has 2 rings (SSSR count). The van der Waals surface area contributed by atoms with Crippen molar-refractivity contribution in [2.75, 3.05) is 0 Å². The van der Waals surface area contributed by atoms with Gasteiger partial charge >= 0.3 is 6.09 Å². The van der Waals surface area contributed by atoms with Gasteiger partial charge in [0, 0.05) is 18.3 Å². The lowest BCUT2D eigenvalue weighted by atomic mass is 10.1. The highest BCUT2D eigenvalue weighted by Gasteiger charge is 2.31. The summed E-state index contributed by atoms with van der Waals surface area (Å²) >= 11 is 0. The zero-order chi connectivity index (χ0) is 18.8. The molecule has 1 amide bonds. The zero-order valence-electron chi connectivity index (χ0n) is 16.0. The molecule has 2 heterocycles. The van der Waals surface area contributed by atoms with Gasteiger partial charge in [-0.15, -0.1) is 0 Å². The molecule has 8 heteroatoms. The number of carbonyl (C=O) groups excluding carboxylic acids is 1. The molecule has 0 saturated carbocycles. The number of hydrogen-bond acceptors (Lipinski definition) is 6. The fraction of sp³-hybridized carbons (Fsp3) is 0.647. The molecule has 0 saturated heterocycles. The van der Waals surface area contributed by atoms with Gasteiger partial charge in [-0.1, -0.05) is 19.0 Å². The number of ether oxygens (including phenoxy) is 1. The quantitative estimate of drug-likeness (QED) is 0.890. The van der Waals surface area contributed by atoms with Crippen LogP contribution in [0.4, 0.5) is 4.79 Å². The third-order valence-corrected chi connectivity index (χ3v) is 3.41. The second-order valence-electron chi connectivity index (χ2n) is 7.83. The zero-order valence-corrected chi connectivity index (χ0v) is 16.0. The Kier molecular flexibility index (Phi) is 5.20. The molecule has 0 aliphatic heterocycles. The Balaban J connectivity index is 2.09. The van der Waals surface area contributed by atoms with Crippen LogP contribution in [0, 0.1) is 0 Å². The predicted octanol–water partition coefficient (Wildman–Crippen LogP) is 3.20. The highest BCUT2D eigenvalue weighted by atomic mass is 16.6. The van der Waals surface area contributed by atoms with Crippen molar-refractivity contribution in [2.45, 2.75) is 72.1 Å². The molecule has 0 bridgehead atoms. The molecule has 0 aliphatic rings. The minimum Gasteiger partial charge on any atom is -0.444 e. The van der Waals surface area contributed by atoms with Crippen LogP contribution >= 0.6 is 0 Å². The lowest BCUT2D eigenvalue weighted by Gasteiger charge is -2.26. The normalized spacial score (nSPS) is 12.5. The topological polar surface area (TPSA) is 95.1 Å². The highest BCUT2D eigenvalue weighted by Crippen LogP contribution is 2.19. The van der Waals surface area contributed by atoms with Crippen molar-refractivity contribution in [1.82, 2.24) is 25.0 Å². The Bertz CT molecular complexity index is 725. The van der Waals surface area contributed by atoms with Gasteiger partial charge in [-0.3, -0.25) is 0 Å². The first-order chi connectivity index (χ1) is 11.5. The van der Waals surface area contributed by atoms with E-state index >= 15 is 0 Å². The van der Waals surface area contributed by atoms with Crippen LogP contribution in [0.3, 0.4) is 0 Å². The van der Waals surface area contributed by atoms with Gasteiger partial charge in [-0.05, 0) is 34.6 Å². The number of nitrogens with one attached hydrogen (secondary N) is 1. The summed E-state index contributed by atoms with van der Waals surface area (Å²) in [6.07, 6.45) is 3.10. The van der Waals surface area contributed by atoms with E-state index < -0.39 is 17.2 Å². The van der Waals surface area contributed by atoms with Crippen LogP contribution in [0.2, 0.25) is 0 Å². The summed E-state index contributed by atoms with van der Waals surface area (Å²) in [5.74, 6) is 2.09. The maximum atomic E-state index is 12.0. The van der Waals surface area contributed by atoms with Crippen molar-refractivity contribution in [3.8, 4) is 0 Å². The van der Waals surface area contributed by atoms with Crippen molar-refractivity contribution in [2.24, 2.45) is 0 Å². The Morgan fingerprint density at radius 1 is 1.32 bits per heavy atom. The molecule has 0 spiro atoms. The second-order valence-corrected chi connectivity index (χ2v) is 7.83. The number of hydrogen-bond donors (Lipinski definition) is 1. The molecular formula is C17H27N5O3. The lowest BCUT2D eigenvalue weighted by Crippen LogP contribution is -2.44. The van der Waals surface area contributed by atoms with Crippen molar-refractivity contribution in [3.63, 3.8) is 0 Å². The maximum absolute atomic E-state index is 12.0. The van der Waals surface area contributed by atoms with Crippen molar-refractivity contribution >= 4 is 6.09 Å². The molecular weight excluding hydrogens is 322 g/mol. The van der Waals surface area contributed by atoms with E-state index in [9.17, 15) is 4.79 Å². The molecule has 0 atom stereocenters. The first-order valence-electron chi connectivity index (χ1n) is 8.33. The monoisotopic (exact) mass is 349 g/mol. The van der Waals surface area contributed by atoms with Gasteiger partial charge in [0.05, 0.1) is 0 Å². The number of rotatable bonds is 5.